The number of aromatic nitrogens is 1. The van der Waals surface area contributed by atoms with E-state index in [1.54, 1.807) is 12.3 Å². The van der Waals surface area contributed by atoms with Crippen LogP contribution in [0.1, 0.15) is 30.0 Å². The first kappa shape index (κ1) is 13.9. The Morgan fingerprint density at radius 2 is 2.30 bits per heavy atom. The maximum atomic E-state index is 11.0. The van der Waals surface area contributed by atoms with Gasteiger partial charge >= 0.3 is 5.97 Å². The van der Waals surface area contributed by atoms with Crippen molar-refractivity contribution in [3.63, 3.8) is 0 Å². The van der Waals surface area contributed by atoms with Crippen LogP contribution in [-0.2, 0) is 6.54 Å². The van der Waals surface area contributed by atoms with Gasteiger partial charge < -0.3 is 19.6 Å². The van der Waals surface area contributed by atoms with Gasteiger partial charge in [-0.15, -0.1) is 0 Å². The Hall–Kier alpha value is -2.50. The number of rotatable bonds is 6. The summed E-state index contributed by atoms with van der Waals surface area (Å²) in [5.74, 6) is -0.178. The minimum atomic E-state index is -1.01. The van der Waals surface area contributed by atoms with Crippen LogP contribution in [0, 0.1) is 0 Å². The molecule has 0 atom stereocenters. The Labute approximate surface area is 116 Å². The SMILES string of the molecule is CC(C)Oc1ncccc1NCc1occc1C(=O)O. The highest BCUT2D eigenvalue weighted by Gasteiger charge is 2.14. The number of pyridine rings is 1. The van der Waals surface area contributed by atoms with Crippen LogP contribution in [0.15, 0.2) is 35.1 Å². The second kappa shape index (κ2) is 6.10. The third kappa shape index (κ3) is 3.28. The lowest BCUT2D eigenvalue weighted by Gasteiger charge is -2.13. The molecule has 0 bridgehead atoms. The highest BCUT2D eigenvalue weighted by molar-refractivity contribution is 5.88. The molecule has 0 aliphatic rings. The van der Waals surface area contributed by atoms with Crippen molar-refractivity contribution in [2.75, 3.05) is 5.32 Å². The second-order valence-corrected chi connectivity index (χ2v) is 4.44. The number of carbonyl (C=O) groups is 1. The first-order valence-electron chi connectivity index (χ1n) is 6.23. The van der Waals surface area contributed by atoms with Crippen molar-refractivity contribution in [3.8, 4) is 5.88 Å². The first-order chi connectivity index (χ1) is 9.58. The third-order valence-electron chi connectivity index (χ3n) is 2.53. The number of carboxylic acids is 1. The molecule has 0 aromatic carbocycles. The van der Waals surface area contributed by atoms with Crippen molar-refractivity contribution in [2.24, 2.45) is 0 Å². The van der Waals surface area contributed by atoms with E-state index >= 15 is 0 Å². The fourth-order valence-corrected chi connectivity index (χ4v) is 1.69. The Balaban J connectivity index is 2.11. The van der Waals surface area contributed by atoms with Gasteiger partial charge in [0.15, 0.2) is 0 Å². The van der Waals surface area contributed by atoms with E-state index in [-0.39, 0.29) is 18.2 Å². The van der Waals surface area contributed by atoms with Crippen LogP contribution >= 0.6 is 0 Å². The molecule has 106 valence electrons. The molecule has 2 heterocycles. The van der Waals surface area contributed by atoms with Gasteiger partial charge in [-0.25, -0.2) is 9.78 Å². The van der Waals surface area contributed by atoms with Gasteiger partial charge in [0, 0.05) is 6.20 Å². The van der Waals surface area contributed by atoms with Gasteiger partial charge in [-0.1, -0.05) is 0 Å². The van der Waals surface area contributed by atoms with Crippen LogP contribution in [-0.4, -0.2) is 22.2 Å². The van der Waals surface area contributed by atoms with E-state index in [2.05, 4.69) is 10.3 Å². The average molecular weight is 276 g/mol. The lowest BCUT2D eigenvalue weighted by atomic mass is 10.2. The lowest BCUT2D eigenvalue weighted by molar-refractivity contribution is 0.0694. The van der Waals surface area contributed by atoms with Crippen molar-refractivity contribution in [1.82, 2.24) is 4.98 Å². The van der Waals surface area contributed by atoms with E-state index in [9.17, 15) is 4.79 Å². The number of nitrogens with zero attached hydrogens (tertiary/aromatic N) is 1. The average Bonchev–Trinajstić information content (AvgIpc) is 2.85. The molecule has 0 aliphatic heterocycles. The summed E-state index contributed by atoms with van der Waals surface area (Å²) < 4.78 is 10.7. The number of anilines is 1. The van der Waals surface area contributed by atoms with Crippen LogP contribution in [0.4, 0.5) is 5.69 Å². The molecule has 6 nitrogen and oxygen atoms in total. The molecule has 20 heavy (non-hydrogen) atoms. The van der Waals surface area contributed by atoms with Gasteiger partial charge in [-0.3, -0.25) is 0 Å². The molecular formula is C14H16N2O4. The predicted molar refractivity (Wildman–Crippen MR) is 73.0 cm³/mol. The number of furan rings is 1. The van der Waals surface area contributed by atoms with Crippen LogP contribution in [0.25, 0.3) is 0 Å². The molecule has 0 fully saturated rings. The second-order valence-electron chi connectivity index (χ2n) is 4.44. The van der Waals surface area contributed by atoms with Gasteiger partial charge in [0.05, 0.1) is 24.6 Å². The summed E-state index contributed by atoms with van der Waals surface area (Å²) in [6, 6.07) is 5.01. The molecule has 6 heteroatoms. The molecule has 0 radical (unpaired) electrons. The maximum absolute atomic E-state index is 11.0. The van der Waals surface area contributed by atoms with E-state index in [0.717, 1.165) is 0 Å². The number of nitrogens with one attached hydrogen (secondary N) is 1. The lowest BCUT2D eigenvalue weighted by Crippen LogP contribution is -2.10. The van der Waals surface area contributed by atoms with Crippen LogP contribution in [0.5, 0.6) is 5.88 Å². The zero-order chi connectivity index (χ0) is 14.5. The molecule has 0 spiro atoms. The number of hydrogen-bond donors (Lipinski definition) is 2. The molecule has 2 aromatic heterocycles. The van der Waals surface area contributed by atoms with Crippen molar-refractivity contribution < 1.29 is 19.1 Å². The largest absolute Gasteiger partial charge is 0.478 e. The van der Waals surface area contributed by atoms with Crippen molar-refractivity contribution in [3.05, 3.63) is 42.0 Å². The highest BCUT2D eigenvalue weighted by Crippen LogP contribution is 2.23. The van der Waals surface area contributed by atoms with Crippen LogP contribution in [0.2, 0.25) is 0 Å². The molecule has 0 unspecified atom stereocenters. The number of ether oxygens (including phenoxy) is 1. The van der Waals surface area contributed by atoms with Gasteiger partial charge in [-0.05, 0) is 32.0 Å². The highest BCUT2D eigenvalue weighted by atomic mass is 16.5. The molecule has 0 aliphatic carbocycles. The zero-order valence-electron chi connectivity index (χ0n) is 11.3. The topological polar surface area (TPSA) is 84.6 Å². The quantitative estimate of drug-likeness (QED) is 0.844. The Morgan fingerprint density at radius 3 is 3.00 bits per heavy atom. The predicted octanol–water partition coefficient (Wildman–Crippen LogP) is 2.77. The van der Waals surface area contributed by atoms with Crippen LogP contribution < -0.4 is 10.1 Å². The fraction of sp³-hybridized carbons (Fsp3) is 0.286. The van der Waals surface area contributed by atoms with Crippen molar-refractivity contribution >= 4 is 11.7 Å². The summed E-state index contributed by atoms with van der Waals surface area (Å²) in [7, 11) is 0. The van der Waals surface area contributed by atoms with Gasteiger partial charge in [0.2, 0.25) is 5.88 Å². The Kier molecular flexibility index (Phi) is 4.24. The summed E-state index contributed by atoms with van der Waals surface area (Å²) in [4.78, 5) is 15.1. The molecule has 0 saturated heterocycles. The summed E-state index contributed by atoms with van der Waals surface area (Å²) in [5.41, 5.74) is 0.835. The summed E-state index contributed by atoms with van der Waals surface area (Å²) in [6.07, 6.45) is 3.00. The van der Waals surface area contributed by atoms with Crippen LogP contribution in [0.3, 0.4) is 0 Å². The Bertz CT molecular complexity index is 592. The number of aromatic carboxylic acids is 1. The molecule has 0 amide bonds. The summed E-state index contributed by atoms with van der Waals surface area (Å²) in [5, 5.41) is 12.1. The Morgan fingerprint density at radius 1 is 1.50 bits per heavy atom. The minimum absolute atomic E-state index is 0.00337. The standard InChI is InChI=1S/C14H16N2O4/c1-9(2)20-13-11(4-3-6-15-13)16-8-12-10(14(17)18)5-7-19-12/h3-7,9,16H,8H2,1-2H3,(H,17,18). The van der Waals surface area contributed by atoms with Crippen molar-refractivity contribution in [2.45, 2.75) is 26.5 Å². The van der Waals surface area contributed by atoms with Gasteiger partial charge in [-0.2, -0.15) is 0 Å². The molecule has 2 N–H and O–H groups in total. The van der Waals surface area contributed by atoms with E-state index in [0.29, 0.717) is 17.3 Å². The smallest absolute Gasteiger partial charge is 0.339 e. The van der Waals surface area contributed by atoms with E-state index < -0.39 is 5.97 Å². The van der Waals surface area contributed by atoms with E-state index in [1.807, 2.05) is 19.9 Å². The minimum Gasteiger partial charge on any atom is -0.478 e. The molecular weight excluding hydrogens is 260 g/mol. The summed E-state index contributed by atoms with van der Waals surface area (Å²) >= 11 is 0. The summed E-state index contributed by atoms with van der Waals surface area (Å²) in [6.45, 7) is 4.07. The molecule has 0 saturated carbocycles. The van der Waals surface area contributed by atoms with Crippen molar-refractivity contribution in [1.29, 1.82) is 0 Å². The third-order valence-corrected chi connectivity index (χ3v) is 2.53. The molecule has 2 aromatic rings. The number of carboxylic acid groups (broad SMARTS) is 1. The maximum Gasteiger partial charge on any atom is 0.339 e. The van der Waals surface area contributed by atoms with Gasteiger partial charge in [0.1, 0.15) is 11.3 Å². The van der Waals surface area contributed by atoms with E-state index in [1.165, 1.54) is 12.3 Å². The van der Waals surface area contributed by atoms with E-state index in [4.69, 9.17) is 14.3 Å². The number of hydrogen-bond acceptors (Lipinski definition) is 5. The zero-order valence-corrected chi connectivity index (χ0v) is 11.3. The first-order valence-corrected chi connectivity index (χ1v) is 6.23. The van der Waals surface area contributed by atoms with Gasteiger partial charge in [0.25, 0.3) is 0 Å². The molecule has 2 rings (SSSR count). The normalized spacial score (nSPS) is 10.6. The monoisotopic (exact) mass is 276 g/mol. The fourth-order valence-electron chi connectivity index (χ4n) is 1.69.